The van der Waals surface area contributed by atoms with Crippen molar-refractivity contribution in [1.82, 2.24) is 9.38 Å². The highest BCUT2D eigenvalue weighted by molar-refractivity contribution is 5.63. The Morgan fingerprint density at radius 3 is 2.21 bits per heavy atom. The minimum absolute atomic E-state index is 0.811. The number of fused-ring (bicyclic) bond motifs is 1. The van der Waals surface area contributed by atoms with E-state index in [1.54, 1.807) is 14.2 Å². The zero-order chi connectivity index (χ0) is 13.2. The molecular weight excluding hydrogens is 240 g/mol. The molecule has 2 heterocycles. The Morgan fingerprint density at radius 1 is 0.842 bits per heavy atom. The molecule has 0 N–H and O–H groups in total. The topological polar surface area (TPSA) is 35.8 Å². The molecule has 0 aliphatic rings. The van der Waals surface area contributed by atoms with Crippen LogP contribution in [0.25, 0.3) is 16.9 Å². The molecule has 3 rings (SSSR count). The number of methoxy groups -OCH3 is 2. The van der Waals surface area contributed by atoms with Gasteiger partial charge in [0.15, 0.2) is 0 Å². The normalized spacial score (nSPS) is 10.6. The summed E-state index contributed by atoms with van der Waals surface area (Å²) in [4.78, 5) is 4.58. The highest BCUT2D eigenvalue weighted by atomic mass is 16.5. The summed E-state index contributed by atoms with van der Waals surface area (Å²) < 4.78 is 12.3. The summed E-state index contributed by atoms with van der Waals surface area (Å²) in [6, 6.07) is 11.7. The number of hydrogen-bond donors (Lipinski definition) is 0. The summed E-state index contributed by atoms with van der Waals surface area (Å²) in [6.45, 7) is 0. The minimum Gasteiger partial charge on any atom is -0.497 e. The fourth-order valence-corrected chi connectivity index (χ4v) is 1.99. The van der Waals surface area contributed by atoms with Gasteiger partial charge in [-0.05, 0) is 36.4 Å². The summed E-state index contributed by atoms with van der Waals surface area (Å²) in [6.07, 6.45) is 3.90. The molecule has 0 saturated heterocycles. The van der Waals surface area contributed by atoms with Crippen molar-refractivity contribution < 1.29 is 9.47 Å². The molecule has 4 heteroatoms. The lowest BCUT2D eigenvalue weighted by Gasteiger charge is -2.00. The van der Waals surface area contributed by atoms with Crippen LogP contribution in [0.2, 0.25) is 0 Å². The lowest BCUT2D eigenvalue weighted by atomic mass is 10.2. The summed E-state index contributed by atoms with van der Waals surface area (Å²) in [5, 5.41) is 0. The molecule has 0 saturated carbocycles. The van der Waals surface area contributed by atoms with Gasteiger partial charge in [0, 0.05) is 11.8 Å². The molecule has 0 aliphatic heterocycles. The van der Waals surface area contributed by atoms with Crippen molar-refractivity contribution >= 4 is 5.65 Å². The fourth-order valence-electron chi connectivity index (χ4n) is 1.99. The van der Waals surface area contributed by atoms with Gasteiger partial charge in [-0.15, -0.1) is 0 Å². The Morgan fingerprint density at radius 2 is 1.53 bits per heavy atom. The molecule has 0 atom stereocenters. The van der Waals surface area contributed by atoms with E-state index >= 15 is 0 Å². The number of ether oxygens (including phenoxy) is 2. The van der Waals surface area contributed by atoms with Crippen molar-refractivity contribution in [2.45, 2.75) is 0 Å². The molecular formula is C15H14N2O2. The third kappa shape index (κ3) is 2.12. The first kappa shape index (κ1) is 11.6. The summed E-state index contributed by atoms with van der Waals surface area (Å²) >= 11 is 0. The van der Waals surface area contributed by atoms with E-state index in [9.17, 15) is 0 Å². The van der Waals surface area contributed by atoms with Crippen LogP contribution in [-0.4, -0.2) is 23.6 Å². The zero-order valence-corrected chi connectivity index (χ0v) is 10.8. The van der Waals surface area contributed by atoms with Crippen LogP contribution in [0.4, 0.5) is 0 Å². The van der Waals surface area contributed by atoms with Gasteiger partial charge in [0.25, 0.3) is 0 Å². The van der Waals surface area contributed by atoms with Gasteiger partial charge in [0.05, 0.1) is 26.1 Å². The number of pyridine rings is 1. The third-order valence-electron chi connectivity index (χ3n) is 3.05. The predicted octanol–water partition coefficient (Wildman–Crippen LogP) is 3.02. The predicted molar refractivity (Wildman–Crippen MR) is 73.7 cm³/mol. The summed E-state index contributed by atoms with van der Waals surface area (Å²) in [5.74, 6) is 1.65. The number of imidazole rings is 1. The number of nitrogens with zero attached hydrogens (tertiary/aromatic N) is 2. The molecule has 1 aromatic carbocycles. The fraction of sp³-hybridized carbons (Fsp3) is 0.133. The quantitative estimate of drug-likeness (QED) is 0.720. The lowest BCUT2D eigenvalue weighted by molar-refractivity contribution is 0.412. The first-order valence-corrected chi connectivity index (χ1v) is 5.97. The minimum atomic E-state index is 0.811. The number of aromatic nitrogens is 2. The molecule has 4 nitrogen and oxygen atoms in total. The van der Waals surface area contributed by atoms with Gasteiger partial charge in [0.1, 0.15) is 17.1 Å². The maximum absolute atomic E-state index is 5.20. The number of benzene rings is 1. The van der Waals surface area contributed by atoms with E-state index in [-0.39, 0.29) is 0 Å². The molecule has 19 heavy (non-hydrogen) atoms. The third-order valence-corrected chi connectivity index (χ3v) is 3.05. The molecule has 0 fully saturated rings. The van der Waals surface area contributed by atoms with Gasteiger partial charge < -0.3 is 13.9 Å². The highest BCUT2D eigenvalue weighted by Gasteiger charge is 2.05. The number of hydrogen-bond acceptors (Lipinski definition) is 3. The Labute approximate surface area is 111 Å². The van der Waals surface area contributed by atoms with Crippen molar-refractivity contribution in [3.05, 3.63) is 48.8 Å². The van der Waals surface area contributed by atoms with Gasteiger partial charge in [-0.3, -0.25) is 0 Å². The second-order valence-corrected chi connectivity index (χ2v) is 4.19. The number of rotatable bonds is 3. The van der Waals surface area contributed by atoms with Crippen LogP contribution in [0, 0.1) is 0 Å². The molecule has 0 spiro atoms. The molecule has 2 aromatic heterocycles. The Bertz CT molecular complexity index is 702. The largest absolute Gasteiger partial charge is 0.497 e. The maximum atomic E-state index is 5.20. The van der Waals surface area contributed by atoms with Crippen molar-refractivity contribution in [1.29, 1.82) is 0 Å². The van der Waals surface area contributed by atoms with Crippen LogP contribution in [0.1, 0.15) is 0 Å². The van der Waals surface area contributed by atoms with E-state index in [4.69, 9.17) is 9.47 Å². The van der Waals surface area contributed by atoms with Gasteiger partial charge in [-0.2, -0.15) is 0 Å². The molecule has 0 unspecified atom stereocenters. The molecule has 0 bridgehead atoms. The Kier molecular flexibility index (Phi) is 2.83. The van der Waals surface area contributed by atoms with E-state index in [0.717, 1.165) is 28.4 Å². The molecule has 96 valence electrons. The summed E-state index contributed by atoms with van der Waals surface area (Å²) in [5.41, 5.74) is 2.88. The lowest BCUT2D eigenvalue weighted by Crippen LogP contribution is -1.86. The van der Waals surface area contributed by atoms with Crippen molar-refractivity contribution in [2.24, 2.45) is 0 Å². The van der Waals surface area contributed by atoms with Crippen LogP contribution in [-0.2, 0) is 0 Å². The Hall–Kier alpha value is -2.49. The van der Waals surface area contributed by atoms with Crippen molar-refractivity contribution in [3.8, 4) is 22.8 Å². The van der Waals surface area contributed by atoms with Crippen molar-refractivity contribution in [3.63, 3.8) is 0 Å². The van der Waals surface area contributed by atoms with E-state index in [0.29, 0.717) is 0 Å². The van der Waals surface area contributed by atoms with Crippen LogP contribution < -0.4 is 9.47 Å². The van der Waals surface area contributed by atoms with Crippen molar-refractivity contribution in [2.75, 3.05) is 14.2 Å². The van der Waals surface area contributed by atoms with Gasteiger partial charge in [0.2, 0.25) is 0 Å². The first-order valence-electron chi connectivity index (χ1n) is 5.97. The average Bonchev–Trinajstić information content (AvgIpc) is 2.90. The smallest absolute Gasteiger partial charge is 0.137 e. The summed E-state index contributed by atoms with van der Waals surface area (Å²) in [7, 11) is 3.31. The van der Waals surface area contributed by atoms with Crippen LogP contribution in [0.5, 0.6) is 11.5 Å². The van der Waals surface area contributed by atoms with Gasteiger partial charge >= 0.3 is 0 Å². The first-order chi connectivity index (χ1) is 9.30. The molecule has 3 aromatic rings. The van der Waals surface area contributed by atoms with E-state index in [1.165, 1.54) is 0 Å². The maximum Gasteiger partial charge on any atom is 0.137 e. The van der Waals surface area contributed by atoms with E-state index < -0.39 is 0 Å². The molecule has 0 radical (unpaired) electrons. The van der Waals surface area contributed by atoms with Crippen LogP contribution in [0.3, 0.4) is 0 Å². The van der Waals surface area contributed by atoms with Crippen LogP contribution >= 0.6 is 0 Å². The molecule has 0 aliphatic carbocycles. The zero-order valence-electron chi connectivity index (χ0n) is 10.8. The van der Waals surface area contributed by atoms with Gasteiger partial charge in [-0.25, -0.2) is 4.98 Å². The Balaban J connectivity index is 2.04. The van der Waals surface area contributed by atoms with Crippen LogP contribution in [0.15, 0.2) is 48.8 Å². The average molecular weight is 254 g/mol. The monoisotopic (exact) mass is 254 g/mol. The standard InChI is InChI=1S/C15H14N2O2/c1-18-12-5-3-11(4-6-12)14-10-17-9-13(19-2)7-8-15(17)16-14/h3-10H,1-2H3. The van der Waals surface area contributed by atoms with E-state index in [2.05, 4.69) is 4.98 Å². The second-order valence-electron chi connectivity index (χ2n) is 4.19. The van der Waals surface area contributed by atoms with Gasteiger partial charge in [-0.1, -0.05) is 0 Å². The van der Waals surface area contributed by atoms with E-state index in [1.807, 2.05) is 53.2 Å². The molecule has 0 amide bonds. The highest BCUT2D eigenvalue weighted by Crippen LogP contribution is 2.23. The second kappa shape index (κ2) is 4.65. The SMILES string of the molecule is COc1ccc(-c2cn3cc(OC)ccc3n2)cc1.